The van der Waals surface area contributed by atoms with E-state index in [1.807, 2.05) is 6.92 Å². The molecule has 26 heavy (non-hydrogen) atoms. The van der Waals surface area contributed by atoms with Crippen molar-refractivity contribution in [1.82, 2.24) is 5.32 Å². The molecule has 0 saturated carbocycles. The van der Waals surface area contributed by atoms with Crippen LogP contribution in [-0.4, -0.2) is 17.6 Å². The van der Waals surface area contributed by atoms with Crippen molar-refractivity contribution < 1.29 is 13.9 Å². The van der Waals surface area contributed by atoms with Crippen LogP contribution in [0, 0.1) is 0 Å². The van der Waals surface area contributed by atoms with Crippen molar-refractivity contribution in [3.63, 3.8) is 0 Å². The zero-order chi connectivity index (χ0) is 18.5. The smallest absolute Gasteiger partial charge is 0.336 e. The standard InChI is InChI=1S/C19H16N2O4S/c1-2-24-15-5-3-4-13(11-15)18(23)21-19(26)20-14-7-8-16-12(10-14)6-9-17(22)25-16/h3-11H,2H2,1H3,(H2,20,21,23,26). The summed E-state index contributed by atoms with van der Waals surface area (Å²) in [6, 6.07) is 15.0. The van der Waals surface area contributed by atoms with Crippen molar-refractivity contribution in [1.29, 1.82) is 0 Å². The first-order chi connectivity index (χ1) is 12.5. The highest BCUT2D eigenvalue weighted by molar-refractivity contribution is 7.80. The zero-order valence-corrected chi connectivity index (χ0v) is 14.8. The number of thiocarbonyl (C=S) groups is 1. The second-order valence-electron chi connectivity index (χ2n) is 5.38. The Kier molecular flexibility index (Phi) is 5.28. The average molecular weight is 368 g/mol. The predicted octanol–water partition coefficient (Wildman–Crippen LogP) is 3.32. The van der Waals surface area contributed by atoms with Crippen molar-refractivity contribution in [2.75, 3.05) is 11.9 Å². The highest BCUT2D eigenvalue weighted by atomic mass is 32.1. The fourth-order valence-corrected chi connectivity index (χ4v) is 2.59. The Morgan fingerprint density at radius 1 is 1.15 bits per heavy atom. The van der Waals surface area contributed by atoms with Crippen LogP contribution in [0.4, 0.5) is 5.69 Å². The first-order valence-electron chi connectivity index (χ1n) is 7.94. The molecule has 0 fully saturated rings. The van der Waals surface area contributed by atoms with Crippen LogP contribution < -0.4 is 21.0 Å². The third-order valence-electron chi connectivity index (χ3n) is 3.51. The van der Waals surface area contributed by atoms with Gasteiger partial charge in [-0.15, -0.1) is 0 Å². The molecule has 2 N–H and O–H groups in total. The van der Waals surface area contributed by atoms with E-state index in [4.69, 9.17) is 21.4 Å². The molecule has 1 aromatic heterocycles. The quantitative estimate of drug-likeness (QED) is 0.543. The van der Waals surface area contributed by atoms with Gasteiger partial charge in [-0.3, -0.25) is 10.1 Å². The van der Waals surface area contributed by atoms with E-state index >= 15 is 0 Å². The summed E-state index contributed by atoms with van der Waals surface area (Å²) in [6.07, 6.45) is 0. The number of fused-ring (bicyclic) bond motifs is 1. The van der Waals surface area contributed by atoms with E-state index in [0.29, 0.717) is 29.2 Å². The summed E-state index contributed by atoms with van der Waals surface area (Å²) < 4.78 is 10.5. The summed E-state index contributed by atoms with van der Waals surface area (Å²) in [5.41, 5.74) is 1.18. The summed E-state index contributed by atoms with van der Waals surface area (Å²) in [6.45, 7) is 2.40. The van der Waals surface area contributed by atoms with Crippen LogP contribution in [0.15, 0.2) is 63.8 Å². The van der Waals surface area contributed by atoms with Gasteiger partial charge >= 0.3 is 5.63 Å². The number of rotatable bonds is 4. The second-order valence-corrected chi connectivity index (χ2v) is 5.78. The molecule has 0 radical (unpaired) electrons. The van der Waals surface area contributed by atoms with Crippen LogP contribution in [0.1, 0.15) is 17.3 Å². The molecule has 0 aliphatic carbocycles. The van der Waals surface area contributed by atoms with Gasteiger partial charge in [0.2, 0.25) is 0 Å². The number of nitrogens with one attached hydrogen (secondary N) is 2. The molecule has 2 aromatic carbocycles. The Morgan fingerprint density at radius 2 is 2.00 bits per heavy atom. The van der Waals surface area contributed by atoms with E-state index in [-0.39, 0.29) is 11.0 Å². The Hall–Kier alpha value is -3.19. The van der Waals surface area contributed by atoms with Crippen LogP contribution in [0.25, 0.3) is 11.0 Å². The molecule has 3 aromatic rings. The summed E-state index contributed by atoms with van der Waals surface area (Å²) in [5.74, 6) is 0.283. The summed E-state index contributed by atoms with van der Waals surface area (Å²) in [4.78, 5) is 23.5. The minimum Gasteiger partial charge on any atom is -0.494 e. The van der Waals surface area contributed by atoms with Crippen molar-refractivity contribution in [3.8, 4) is 5.75 Å². The lowest BCUT2D eigenvalue weighted by molar-refractivity contribution is 0.0977. The van der Waals surface area contributed by atoms with Crippen LogP contribution >= 0.6 is 12.2 Å². The molecule has 0 aliphatic heterocycles. The van der Waals surface area contributed by atoms with E-state index in [9.17, 15) is 9.59 Å². The Bertz CT molecular complexity index is 1030. The SMILES string of the molecule is CCOc1cccc(C(=O)NC(=S)Nc2ccc3oc(=O)ccc3c2)c1. The molecular formula is C19H16N2O4S. The number of carbonyl (C=O) groups is 1. The molecule has 0 unspecified atom stereocenters. The number of hydrogen-bond donors (Lipinski definition) is 2. The van der Waals surface area contributed by atoms with Crippen molar-refractivity contribution in [3.05, 3.63) is 70.6 Å². The van der Waals surface area contributed by atoms with E-state index in [2.05, 4.69) is 10.6 Å². The molecule has 0 atom stereocenters. The molecule has 0 spiro atoms. The predicted molar refractivity (Wildman–Crippen MR) is 104 cm³/mol. The van der Waals surface area contributed by atoms with Gasteiger partial charge < -0.3 is 14.5 Å². The molecule has 6 nitrogen and oxygen atoms in total. The summed E-state index contributed by atoms with van der Waals surface area (Å²) >= 11 is 5.19. The first kappa shape index (κ1) is 17.6. The molecule has 7 heteroatoms. The molecule has 1 heterocycles. The largest absolute Gasteiger partial charge is 0.494 e. The van der Waals surface area contributed by atoms with E-state index < -0.39 is 5.63 Å². The number of benzene rings is 2. The maximum atomic E-state index is 12.3. The number of amides is 1. The zero-order valence-electron chi connectivity index (χ0n) is 13.9. The van der Waals surface area contributed by atoms with Gasteiger partial charge in [0.1, 0.15) is 11.3 Å². The number of hydrogen-bond acceptors (Lipinski definition) is 5. The van der Waals surface area contributed by atoms with Gasteiger partial charge in [-0.05, 0) is 61.6 Å². The molecular weight excluding hydrogens is 352 g/mol. The van der Waals surface area contributed by atoms with Gasteiger partial charge in [-0.2, -0.15) is 0 Å². The number of ether oxygens (including phenoxy) is 1. The third kappa shape index (κ3) is 4.25. The molecule has 0 bridgehead atoms. The molecule has 0 aliphatic rings. The van der Waals surface area contributed by atoms with Crippen LogP contribution in [0.3, 0.4) is 0 Å². The third-order valence-corrected chi connectivity index (χ3v) is 3.72. The molecule has 1 amide bonds. The van der Waals surface area contributed by atoms with Gasteiger partial charge in [-0.25, -0.2) is 4.79 Å². The van der Waals surface area contributed by atoms with Gasteiger partial charge in [0.15, 0.2) is 5.11 Å². The monoisotopic (exact) mass is 368 g/mol. The Labute approximate surface area is 154 Å². The van der Waals surface area contributed by atoms with Gasteiger partial charge in [0.25, 0.3) is 5.91 Å². The molecule has 132 valence electrons. The lowest BCUT2D eigenvalue weighted by Gasteiger charge is -2.11. The number of anilines is 1. The van der Waals surface area contributed by atoms with Crippen molar-refractivity contribution in [2.24, 2.45) is 0 Å². The van der Waals surface area contributed by atoms with E-state index in [1.54, 1.807) is 48.5 Å². The van der Waals surface area contributed by atoms with Gasteiger partial charge in [0, 0.05) is 22.7 Å². The number of carbonyl (C=O) groups excluding carboxylic acids is 1. The molecule has 3 rings (SSSR count). The summed E-state index contributed by atoms with van der Waals surface area (Å²) in [5, 5.41) is 6.47. The van der Waals surface area contributed by atoms with E-state index in [0.717, 1.165) is 5.39 Å². The average Bonchev–Trinajstić information content (AvgIpc) is 2.62. The Balaban J connectivity index is 1.68. The lowest BCUT2D eigenvalue weighted by Crippen LogP contribution is -2.34. The fraction of sp³-hybridized carbons (Fsp3) is 0.105. The van der Waals surface area contributed by atoms with Gasteiger partial charge in [0.05, 0.1) is 6.61 Å². The minimum absolute atomic E-state index is 0.161. The maximum Gasteiger partial charge on any atom is 0.336 e. The first-order valence-corrected chi connectivity index (χ1v) is 8.35. The normalized spacial score (nSPS) is 10.3. The van der Waals surface area contributed by atoms with E-state index in [1.165, 1.54) is 6.07 Å². The Morgan fingerprint density at radius 3 is 2.81 bits per heavy atom. The lowest BCUT2D eigenvalue weighted by atomic mass is 10.2. The highest BCUT2D eigenvalue weighted by Crippen LogP contribution is 2.18. The van der Waals surface area contributed by atoms with Gasteiger partial charge in [-0.1, -0.05) is 6.07 Å². The summed E-state index contributed by atoms with van der Waals surface area (Å²) in [7, 11) is 0. The molecule has 0 saturated heterocycles. The van der Waals surface area contributed by atoms with Crippen LogP contribution in [-0.2, 0) is 0 Å². The van der Waals surface area contributed by atoms with Crippen LogP contribution in [0.2, 0.25) is 0 Å². The minimum atomic E-state index is -0.407. The topological polar surface area (TPSA) is 80.6 Å². The highest BCUT2D eigenvalue weighted by Gasteiger charge is 2.09. The fourth-order valence-electron chi connectivity index (χ4n) is 2.38. The van der Waals surface area contributed by atoms with Crippen molar-refractivity contribution in [2.45, 2.75) is 6.92 Å². The van der Waals surface area contributed by atoms with Crippen molar-refractivity contribution >= 4 is 39.9 Å². The maximum absolute atomic E-state index is 12.3. The van der Waals surface area contributed by atoms with Crippen LogP contribution in [0.5, 0.6) is 5.75 Å². The second kappa shape index (κ2) is 7.79.